The van der Waals surface area contributed by atoms with E-state index in [1.165, 1.54) is 5.56 Å². The normalized spacial score (nSPS) is 17.7. The Labute approximate surface area is 187 Å². The molecular weight excluding hydrogens is 408 g/mol. The summed E-state index contributed by atoms with van der Waals surface area (Å²) in [5, 5.41) is 0. The van der Waals surface area contributed by atoms with Crippen molar-refractivity contribution in [1.29, 1.82) is 0 Å². The average Bonchev–Trinajstić information content (AvgIpc) is 3.20. The molecule has 0 saturated carbocycles. The molecule has 8 nitrogen and oxygen atoms in total. The van der Waals surface area contributed by atoms with Crippen molar-refractivity contribution < 1.29 is 19.1 Å². The number of ether oxygens (including phenoxy) is 1. The number of hydrogen-bond acceptors (Lipinski definition) is 5. The van der Waals surface area contributed by atoms with Crippen LogP contribution < -0.4 is 25.4 Å². The summed E-state index contributed by atoms with van der Waals surface area (Å²) in [6, 6.07) is 15.3. The van der Waals surface area contributed by atoms with Crippen LogP contribution in [-0.4, -0.2) is 44.0 Å². The number of rotatable bonds is 6. The van der Waals surface area contributed by atoms with Gasteiger partial charge in [-0.2, -0.15) is 0 Å². The van der Waals surface area contributed by atoms with Crippen LogP contribution in [0.4, 0.5) is 11.4 Å². The van der Waals surface area contributed by atoms with Crippen LogP contribution in [0.3, 0.4) is 0 Å². The fraction of sp³-hybridized carbons (Fsp3) is 0.375. The standard InChI is InChI=1S/C24H28N4O4/c1-2-32-20-11-9-19(10-12-20)28-15-18(14-23(28)30)24(31)26-25-22(29)16-27-13-5-7-17-6-3-4-8-21(17)27/h3-4,6,8-12,18H,2,5,7,13-16H2,1H3,(H,25,29)(H,26,31). The molecule has 3 amide bonds. The van der Waals surface area contributed by atoms with Crippen molar-refractivity contribution in [2.45, 2.75) is 26.2 Å². The highest BCUT2D eigenvalue weighted by Crippen LogP contribution is 2.27. The number of hydrogen-bond donors (Lipinski definition) is 2. The summed E-state index contributed by atoms with van der Waals surface area (Å²) in [6.07, 6.45) is 2.10. The third-order valence-corrected chi connectivity index (χ3v) is 5.82. The number of nitrogens with zero attached hydrogens (tertiary/aromatic N) is 2. The van der Waals surface area contributed by atoms with Gasteiger partial charge in [0.15, 0.2) is 0 Å². The smallest absolute Gasteiger partial charge is 0.257 e. The van der Waals surface area contributed by atoms with Crippen LogP contribution in [0.25, 0.3) is 0 Å². The number of benzene rings is 2. The lowest BCUT2D eigenvalue weighted by atomic mass is 10.0. The molecule has 168 valence electrons. The number of carbonyl (C=O) groups is 3. The Morgan fingerprint density at radius 3 is 2.66 bits per heavy atom. The predicted molar refractivity (Wildman–Crippen MR) is 121 cm³/mol. The molecular formula is C24H28N4O4. The van der Waals surface area contributed by atoms with Crippen LogP contribution in [0.1, 0.15) is 25.3 Å². The van der Waals surface area contributed by atoms with Crippen LogP contribution in [0.15, 0.2) is 48.5 Å². The van der Waals surface area contributed by atoms with Gasteiger partial charge in [0.1, 0.15) is 5.75 Å². The van der Waals surface area contributed by atoms with Crippen molar-refractivity contribution in [3.8, 4) is 5.75 Å². The molecule has 1 unspecified atom stereocenters. The topological polar surface area (TPSA) is 91.0 Å². The highest BCUT2D eigenvalue weighted by Gasteiger charge is 2.35. The van der Waals surface area contributed by atoms with Crippen molar-refractivity contribution >= 4 is 29.1 Å². The fourth-order valence-corrected chi connectivity index (χ4v) is 4.24. The summed E-state index contributed by atoms with van der Waals surface area (Å²) in [5.74, 6) is -0.561. The number of fused-ring (bicyclic) bond motifs is 1. The van der Waals surface area contributed by atoms with E-state index in [0.29, 0.717) is 6.61 Å². The monoisotopic (exact) mass is 436 g/mol. The van der Waals surface area contributed by atoms with E-state index in [1.807, 2.05) is 30.0 Å². The molecule has 1 saturated heterocycles. The first-order chi connectivity index (χ1) is 15.5. The van der Waals surface area contributed by atoms with Crippen LogP contribution in [-0.2, 0) is 20.8 Å². The van der Waals surface area contributed by atoms with Gasteiger partial charge in [0.25, 0.3) is 5.91 Å². The van der Waals surface area contributed by atoms with Crippen LogP contribution in [0.5, 0.6) is 5.75 Å². The van der Waals surface area contributed by atoms with Gasteiger partial charge in [-0.1, -0.05) is 18.2 Å². The first-order valence-corrected chi connectivity index (χ1v) is 11.0. The Bertz CT molecular complexity index is 992. The van der Waals surface area contributed by atoms with Crippen molar-refractivity contribution in [1.82, 2.24) is 10.9 Å². The number of amides is 3. The summed E-state index contributed by atoms with van der Waals surface area (Å²) in [4.78, 5) is 41.0. The zero-order valence-electron chi connectivity index (χ0n) is 18.2. The maximum Gasteiger partial charge on any atom is 0.257 e. The van der Waals surface area contributed by atoms with Crippen molar-refractivity contribution in [3.63, 3.8) is 0 Å². The van der Waals surface area contributed by atoms with Gasteiger partial charge in [-0.05, 0) is 55.7 Å². The van der Waals surface area contributed by atoms with Crippen LogP contribution in [0, 0.1) is 5.92 Å². The molecule has 2 heterocycles. The molecule has 0 bridgehead atoms. The van der Waals surface area contributed by atoms with E-state index in [1.54, 1.807) is 29.2 Å². The Hall–Kier alpha value is -3.55. The Morgan fingerprint density at radius 1 is 1.09 bits per heavy atom. The average molecular weight is 437 g/mol. The molecule has 1 fully saturated rings. The second-order valence-electron chi connectivity index (χ2n) is 8.02. The van der Waals surface area contributed by atoms with Gasteiger partial charge in [0.05, 0.1) is 19.1 Å². The molecule has 2 aliphatic heterocycles. The molecule has 1 atom stereocenters. The Balaban J connectivity index is 1.28. The lowest BCUT2D eigenvalue weighted by Gasteiger charge is -2.30. The predicted octanol–water partition coefficient (Wildman–Crippen LogP) is 2.04. The zero-order valence-corrected chi connectivity index (χ0v) is 18.2. The minimum absolute atomic E-state index is 0.106. The lowest BCUT2D eigenvalue weighted by molar-refractivity contribution is -0.130. The van der Waals surface area contributed by atoms with E-state index in [4.69, 9.17) is 4.74 Å². The molecule has 2 aromatic rings. The minimum atomic E-state index is -0.523. The Kier molecular flexibility index (Phi) is 6.58. The molecule has 32 heavy (non-hydrogen) atoms. The quantitative estimate of drug-likeness (QED) is 0.677. The van der Waals surface area contributed by atoms with Gasteiger partial charge in [0, 0.05) is 30.9 Å². The first-order valence-electron chi connectivity index (χ1n) is 11.0. The number of hydrazine groups is 1. The summed E-state index contributed by atoms with van der Waals surface area (Å²) in [6.45, 7) is 3.71. The second-order valence-corrected chi connectivity index (χ2v) is 8.02. The van der Waals surface area contributed by atoms with E-state index >= 15 is 0 Å². The van der Waals surface area contributed by atoms with E-state index in [0.717, 1.165) is 36.5 Å². The molecule has 2 aromatic carbocycles. The van der Waals surface area contributed by atoms with Crippen LogP contribution >= 0.6 is 0 Å². The van der Waals surface area contributed by atoms with Crippen LogP contribution in [0.2, 0.25) is 0 Å². The summed E-state index contributed by atoms with van der Waals surface area (Å²) < 4.78 is 5.43. The largest absolute Gasteiger partial charge is 0.494 e. The molecule has 0 radical (unpaired) electrons. The molecule has 4 rings (SSSR count). The molecule has 0 aliphatic carbocycles. The maximum atomic E-state index is 12.6. The third-order valence-electron chi connectivity index (χ3n) is 5.82. The highest BCUT2D eigenvalue weighted by atomic mass is 16.5. The minimum Gasteiger partial charge on any atom is -0.494 e. The van der Waals surface area contributed by atoms with Gasteiger partial charge in [-0.25, -0.2) is 0 Å². The first kappa shape index (κ1) is 21.7. The summed E-state index contributed by atoms with van der Waals surface area (Å²) >= 11 is 0. The number of aryl methyl sites for hydroxylation is 1. The fourth-order valence-electron chi connectivity index (χ4n) is 4.24. The van der Waals surface area contributed by atoms with E-state index in [2.05, 4.69) is 16.9 Å². The van der Waals surface area contributed by atoms with Gasteiger partial charge in [0.2, 0.25) is 11.8 Å². The molecule has 2 aliphatic rings. The van der Waals surface area contributed by atoms with Crippen molar-refractivity contribution in [2.24, 2.45) is 5.92 Å². The zero-order chi connectivity index (χ0) is 22.5. The molecule has 2 N–H and O–H groups in total. The number of carbonyl (C=O) groups excluding carboxylic acids is 3. The van der Waals surface area contributed by atoms with Crippen molar-refractivity contribution in [2.75, 3.05) is 36.0 Å². The summed E-state index contributed by atoms with van der Waals surface area (Å²) in [7, 11) is 0. The maximum absolute atomic E-state index is 12.6. The molecule has 8 heteroatoms. The van der Waals surface area contributed by atoms with Gasteiger partial charge < -0.3 is 14.5 Å². The number of para-hydroxylation sites is 1. The highest BCUT2D eigenvalue weighted by molar-refractivity contribution is 6.00. The summed E-state index contributed by atoms with van der Waals surface area (Å²) in [5.41, 5.74) is 8.01. The van der Waals surface area contributed by atoms with Gasteiger partial charge >= 0.3 is 0 Å². The van der Waals surface area contributed by atoms with E-state index in [9.17, 15) is 14.4 Å². The second kappa shape index (κ2) is 9.72. The van der Waals surface area contributed by atoms with Crippen molar-refractivity contribution in [3.05, 3.63) is 54.1 Å². The SMILES string of the molecule is CCOc1ccc(N2CC(C(=O)NNC(=O)CN3CCCc4ccccc43)CC2=O)cc1. The number of anilines is 2. The number of nitrogens with one attached hydrogen (secondary N) is 2. The van der Waals surface area contributed by atoms with Gasteiger partial charge in [-0.15, -0.1) is 0 Å². The Morgan fingerprint density at radius 2 is 1.88 bits per heavy atom. The third kappa shape index (κ3) is 4.85. The van der Waals surface area contributed by atoms with E-state index < -0.39 is 5.92 Å². The molecule has 0 aromatic heterocycles. The van der Waals surface area contributed by atoms with E-state index in [-0.39, 0.29) is 37.2 Å². The van der Waals surface area contributed by atoms with Gasteiger partial charge in [-0.3, -0.25) is 25.2 Å². The molecule has 0 spiro atoms. The lowest BCUT2D eigenvalue weighted by Crippen LogP contribution is -2.49.